The first-order valence-electron chi connectivity index (χ1n) is 8.75. The fraction of sp³-hybridized carbons (Fsp3) is 0.500. The minimum atomic E-state index is 0.0618. The molecule has 6 nitrogen and oxygen atoms in total. The number of ether oxygens (including phenoxy) is 1. The number of amides is 1. The number of aryl methyl sites for hydroxylation is 1. The highest BCUT2D eigenvalue weighted by atomic mass is 32.2. The van der Waals surface area contributed by atoms with Gasteiger partial charge in [0, 0.05) is 17.9 Å². The third-order valence-electron chi connectivity index (χ3n) is 4.01. The van der Waals surface area contributed by atoms with E-state index in [9.17, 15) is 4.79 Å². The number of nitrogens with zero attached hydrogens (tertiary/aromatic N) is 2. The molecular formula is C18H23N3O3S. The molecule has 3 rings (SSSR count). The van der Waals surface area contributed by atoms with Crippen LogP contribution in [0.3, 0.4) is 0 Å². The van der Waals surface area contributed by atoms with Gasteiger partial charge in [-0.1, -0.05) is 37.9 Å². The molecular weight excluding hydrogens is 338 g/mol. The van der Waals surface area contributed by atoms with Gasteiger partial charge in [-0.2, -0.15) is 0 Å². The number of anilines is 1. The molecule has 0 radical (unpaired) electrons. The highest BCUT2D eigenvalue weighted by molar-refractivity contribution is 7.99. The Kier molecular flexibility index (Phi) is 6.33. The smallest absolute Gasteiger partial charge is 0.276 e. The van der Waals surface area contributed by atoms with Gasteiger partial charge in [-0.25, -0.2) is 0 Å². The molecule has 0 saturated heterocycles. The maximum atomic E-state index is 11.4. The minimum Gasteiger partial charge on any atom is -0.484 e. The zero-order valence-electron chi connectivity index (χ0n) is 14.4. The molecule has 1 N–H and O–H groups in total. The van der Waals surface area contributed by atoms with Crippen molar-refractivity contribution in [1.82, 2.24) is 10.2 Å². The standard InChI is InChI=1S/C18H23N3O3S/c1-2-3-4-5-10-25-18-21-20-17(24-18)12-23-14-7-8-15-13(11-14)6-9-16(22)19-15/h7-8,11H,2-6,9-10,12H2,1H3,(H,19,22). The second kappa shape index (κ2) is 8.89. The molecule has 0 aliphatic carbocycles. The summed E-state index contributed by atoms with van der Waals surface area (Å²) in [6.07, 6.45) is 6.16. The van der Waals surface area contributed by atoms with E-state index >= 15 is 0 Å². The Morgan fingerprint density at radius 3 is 3.04 bits per heavy atom. The van der Waals surface area contributed by atoms with Gasteiger partial charge in [0.1, 0.15) is 5.75 Å². The Labute approximate surface area is 151 Å². The summed E-state index contributed by atoms with van der Waals surface area (Å²) in [4.78, 5) is 11.4. The highest BCUT2D eigenvalue weighted by Gasteiger charge is 2.15. The molecule has 1 aliphatic rings. The van der Waals surface area contributed by atoms with Gasteiger partial charge >= 0.3 is 0 Å². The SMILES string of the molecule is CCCCCCSc1nnc(COc2ccc3c(c2)CCC(=O)N3)o1. The number of carbonyl (C=O) groups is 1. The summed E-state index contributed by atoms with van der Waals surface area (Å²) in [5.74, 6) is 2.27. The van der Waals surface area contributed by atoms with Crippen molar-refractivity contribution in [3.05, 3.63) is 29.7 Å². The van der Waals surface area contributed by atoms with E-state index in [0.717, 1.165) is 29.2 Å². The maximum Gasteiger partial charge on any atom is 0.276 e. The molecule has 134 valence electrons. The lowest BCUT2D eigenvalue weighted by Gasteiger charge is -2.17. The molecule has 0 unspecified atom stereocenters. The summed E-state index contributed by atoms with van der Waals surface area (Å²) in [5, 5.41) is 11.5. The van der Waals surface area contributed by atoms with Crippen molar-refractivity contribution in [2.45, 2.75) is 57.3 Å². The first-order valence-corrected chi connectivity index (χ1v) is 9.74. The number of aromatic nitrogens is 2. The van der Waals surface area contributed by atoms with Crippen LogP contribution in [0.4, 0.5) is 5.69 Å². The monoisotopic (exact) mass is 361 g/mol. The Morgan fingerprint density at radius 1 is 1.24 bits per heavy atom. The van der Waals surface area contributed by atoms with Crippen LogP contribution in [0, 0.1) is 0 Å². The maximum absolute atomic E-state index is 11.4. The molecule has 0 saturated carbocycles. The number of unbranched alkanes of at least 4 members (excludes halogenated alkanes) is 3. The molecule has 0 atom stereocenters. The number of fused-ring (bicyclic) bond motifs is 1. The van der Waals surface area contributed by atoms with Crippen LogP contribution < -0.4 is 10.1 Å². The minimum absolute atomic E-state index is 0.0618. The lowest BCUT2D eigenvalue weighted by atomic mass is 10.0. The van der Waals surface area contributed by atoms with E-state index in [0.29, 0.717) is 17.5 Å². The first-order chi connectivity index (χ1) is 12.2. The average Bonchev–Trinajstić information content (AvgIpc) is 3.07. The number of benzene rings is 1. The third kappa shape index (κ3) is 5.22. The van der Waals surface area contributed by atoms with E-state index in [4.69, 9.17) is 9.15 Å². The fourth-order valence-electron chi connectivity index (χ4n) is 2.64. The Morgan fingerprint density at radius 2 is 2.16 bits per heavy atom. The number of thioether (sulfide) groups is 1. The van der Waals surface area contributed by atoms with Crippen LogP contribution in [-0.2, 0) is 17.8 Å². The second-order valence-electron chi connectivity index (χ2n) is 6.03. The van der Waals surface area contributed by atoms with Crippen LogP contribution in [0.15, 0.2) is 27.8 Å². The van der Waals surface area contributed by atoms with Gasteiger partial charge < -0.3 is 14.5 Å². The van der Waals surface area contributed by atoms with Crippen molar-refractivity contribution < 1.29 is 13.9 Å². The van der Waals surface area contributed by atoms with Crippen molar-refractivity contribution in [2.24, 2.45) is 0 Å². The molecule has 1 amide bonds. The largest absolute Gasteiger partial charge is 0.484 e. The van der Waals surface area contributed by atoms with Crippen LogP contribution in [0.5, 0.6) is 5.75 Å². The molecule has 2 heterocycles. The average molecular weight is 361 g/mol. The summed E-state index contributed by atoms with van der Waals surface area (Å²) in [6, 6.07) is 5.66. The zero-order valence-corrected chi connectivity index (χ0v) is 15.2. The molecule has 1 aromatic heterocycles. The quantitative estimate of drug-likeness (QED) is 0.533. The summed E-state index contributed by atoms with van der Waals surface area (Å²) in [7, 11) is 0. The van der Waals surface area contributed by atoms with Gasteiger partial charge in [0.25, 0.3) is 11.1 Å². The molecule has 1 aliphatic heterocycles. The predicted molar refractivity (Wildman–Crippen MR) is 96.9 cm³/mol. The highest BCUT2D eigenvalue weighted by Crippen LogP contribution is 2.27. The van der Waals surface area contributed by atoms with E-state index in [1.54, 1.807) is 11.8 Å². The van der Waals surface area contributed by atoms with Crippen LogP contribution in [-0.4, -0.2) is 21.9 Å². The van der Waals surface area contributed by atoms with Crippen molar-refractivity contribution in [1.29, 1.82) is 0 Å². The number of hydrogen-bond acceptors (Lipinski definition) is 6. The lowest BCUT2D eigenvalue weighted by molar-refractivity contribution is -0.116. The lowest BCUT2D eigenvalue weighted by Crippen LogP contribution is -2.18. The zero-order chi connectivity index (χ0) is 17.5. The molecule has 1 aromatic carbocycles. The van der Waals surface area contributed by atoms with Gasteiger partial charge in [-0.15, -0.1) is 10.2 Å². The Bertz CT molecular complexity index is 717. The first kappa shape index (κ1) is 17.8. The molecule has 0 fully saturated rings. The van der Waals surface area contributed by atoms with Gasteiger partial charge in [0.05, 0.1) is 0 Å². The van der Waals surface area contributed by atoms with Crippen molar-refractivity contribution in [2.75, 3.05) is 11.1 Å². The topological polar surface area (TPSA) is 77.2 Å². The number of rotatable bonds is 9. The van der Waals surface area contributed by atoms with Crippen molar-refractivity contribution in [3.8, 4) is 5.75 Å². The summed E-state index contributed by atoms with van der Waals surface area (Å²) in [6.45, 7) is 2.45. The fourth-order valence-corrected chi connectivity index (χ4v) is 3.41. The number of nitrogens with one attached hydrogen (secondary N) is 1. The number of hydrogen-bond donors (Lipinski definition) is 1. The van der Waals surface area contributed by atoms with E-state index in [-0.39, 0.29) is 12.5 Å². The molecule has 25 heavy (non-hydrogen) atoms. The predicted octanol–water partition coefficient (Wildman–Crippen LogP) is 4.21. The van der Waals surface area contributed by atoms with Crippen molar-refractivity contribution >= 4 is 23.4 Å². The summed E-state index contributed by atoms with van der Waals surface area (Å²) < 4.78 is 11.3. The van der Waals surface area contributed by atoms with Crippen LogP contribution in [0.25, 0.3) is 0 Å². The van der Waals surface area contributed by atoms with E-state index < -0.39 is 0 Å². The van der Waals surface area contributed by atoms with Gasteiger partial charge in [-0.3, -0.25) is 4.79 Å². The van der Waals surface area contributed by atoms with Crippen LogP contribution in [0.1, 0.15) is 50.5 Å². The normalized spacial score (nSPS) is 13.4. The van der Waals surface area contributed by atoms with Gasteiger partial charge in [0.15, 0.2) is 6.61 Å². The van der Waals surface area contributed by atoms with Crippen molar-refractivity contribution in [3.63, 3.8) is 0 Å². The third-order valence-corrected chi connectivity index (χ3v) is 4.91. The summed E-state index contributed by atoms with van der Waals surface area (Å²) >= 11 is 1.60. The van der Waals surface area contributed by atoms with E-state index in [1.807, 2.05) is 18.2 Å². The molecule has 0 spiro atoms. The summed E-state index contributed by atoms with van der Waals surface area (Å²) in [5.41, 5.74) is 1.95. The van der Waals surface area contributed by atoms with Crippen LogP contribution >= 0.6 is 11.8 Å². The van der Waals surface area contributed by atoms with Gasteiger partial charge in [-0.05, 0) is 36.6 Å². The second-order valence-corrected chi connectivity index (χ2v) is 7.07. The Hall–Kier alpha value is -2.02. The van der Waals surface area contributed by atoms with E-state index in [2.05, 4.69) is 22.4 Å². The Balaban J connectivity index is 1.47. The van der Waals surface area contributed by atoms with Gasteiger partial charge in [0.2, 0.25) is 5.91 Å². The van der Waals surface area contributed by atoms with E-state index in [1.165, 1.54) is 25.7 Å². The molecule has 0 bridgehead atoms. The molecule has 2 aromatic rings. The molecule has 7 heteroatoms. The van der Waals surface area contributed by atoms with Crippen LogP contribution in [0.2, 0.25) is 0 Å². The number of carbonyl (C=O) groups excluding carboxylic acids is 1.